The van der Waals surface area contributed by atoms with Crippen LogP contribution in [0.1, 0.15) is 26.7 Å². The van der Waals surface area contributed by atoms with Gasteiger partial charge in [0.2, 0.25) is 0 Å². The van der Waals surface area contributed by atoms with E-state index in [-0.39, 0.29) is 18.3 Å². The van der Waals surface area contributed by atoms with Gasteiger partial charge < -0.3 is 14.6 Å². The molecule has 2 unspecified atom stereocenters. The molecular formula is C13H22O3. The largest absolute Gasteiger partial charge is 0.389 e. The molecule has 1 aliphatic carbocycles. The van der Waals surface area contributed by atoms with Crippen molar-refractivity contribution in [2.75, 3.05) is 13.2 Å². The van der Waals surface area contributed by atoms with Gasteiger partial charge in [0, 0.05) is 19.1 Å². The standard InChI is InChI=1S/C13H22O3/c1-4-15-13(16-5-2)10(3)11-6-8-12(14)9-7-11/h6,8,11-14H,3-5,7,9H2,1-2H3. The highest BCUT2D eigenvalue weighted by molar-refractivity contribution is 5.15. The van der Waals surface area contributed by atoms with Crippen molar-refractivity contribution >= 4 is 0 Å². The fraction of sp³-hybridized carbons (Fsp3) is 0.692. The smallest absolute Gasteiger partial charge is 0.180 e. The van der Waals surface area contributed by atoms with Gasteiger partial charge in [-0.05, 0) is 32.3 Å². The van der Waals surface area contributed by atoms with E-state index in [1.807, 2.05) is 26.0 Å². The molecule has 0 aromatic carbocycles. The molecule has 0 amide bonds. The minimum absolute atomic E-state index is 0.256. The van der Waals surface area contributed by atoms with Crippen LogP contribution < -0.4 is 0 Å². The third-order valence-electron chi connectivity index (χ3n) is 2.75. The predicted octanol–water partition coefficient (Wildman–Crippen LogP) is 2.27. The molecule has 2 atom stereocenters. The summed E-state index contributed by atoms with van der Waals surface area (Å²) in [4.78, 5) is 0. The van der Waals surface area contributed by atoms with Crippen LogP contribution in [0.2, 0.25) is 0 Å². The number of aliphatic hydroxyl groups is 1. The summed E-state index contributed by atoms with van der Waals surface area (Å²) in [5.41, 5.74) is 0.951. The fourth-order valence-electron chi connectivity index (χ4n) is 1.85. The maximum absolute atomic E-state index is 9.38. The Hall–Kier alpha value is -0.640. The second-order valence-electron chi connectivity index (χ2n) is 3.95. The van der Waals surface area contributed by atoms with Crippen molar-refractivity contribution in [1.82, 2.24) is 0 Å². The molecule has 0 aromatic rings. The summed E-state index contributed by atoms with van der Waals surface area (Å²) in [5.74, 6) is 0.256. The van der Waals surface area contributed by atoms with Gasteiger partial charge in [0.1, 0.15) is 0 Å². The molecule has 0 saturated carbocycles. The van der Waals surface area contributed by atoms with Crippen LogP contribution >= 0.6 is 0 Å². The van der Waals surface area contributed by atoms with Crippen LogP contribution in [0.5, 0.6) is 0 Å². The average Bonchev–Trinajstić information content (AvgIpc) is 2.29. The predicted molar refractivity (Wildman–Crippen MR) is 64.1 cm³/mol. The van der Waals surface area contributed by atoms with Gasteiger partial charge >= 0.3 is 0 Å². The first-order valence-electron chi connectivity index (χ1n) is 5.97. The Bertz CT molecular complexity index is 242. The van der Waals surface area contributed by atoms with Gasteiger partial charge in [-0.15, -0.1) is 0 Å². The summed E-state index contributed by atoms with van der Waals surface area (Å²) in [5, 5.41) is 9.38. The third-order valence-corrected chi connectivity index (χ3v) is 2.75. The van der Waals surface area contributed by atoms with Crippen LogP contribution in [0.4, 0.5) is 0 Å². The lowest BCUT2D eigenvalue weighted by atomic mass is 9.88. The molecule has 1 rings (SSSR count). The van der Waals surface area contributed by atoms with Gasteiger partial charge in [-0.3, -0.25) is 0 Å². The van der Waals surface area contributed by atoms with Crippen LogP contribution in [0.3, 0.4) is 0 Å². The molecule has 92 valence electrons. The lowest BCUT2D eigenvalue weighted by Crippen LogP contribution is -2.25. The third kappa shape index (κ3) is 3.74. The Morgan fingerprint density at radius 3 is 2.38 bits per heavy atom. The van der Waals surface area contributed by atoms with Crippen LogP contribution in [-0.4, -0.2) is 30.7 Å². The van der Waals surface area contributed by atoms with Crippen LogP contribution in [0.15, 0.2) is 24.3 Å². The monoisotopic (exact) mass is 226 g/mol. The molecule has 0 radical (unpaired) electrons. The van der Waals surface area contributed by atoms with E-state index in [4.69, 9.17) is 9.47 Å². The molecule has 0 heterocycles. The van der Waals surface area contributed by atoms with E-state index in [1.165, 1.54) is 0 Å². The summed E-state index contributed by atoms with van der Waals surface area (Å²) in [6, 6.07) is 0. The van der Waals surface area contributed by atoms with Gasteiger partial charge in [-0.25, -0.2) is 0 Å². The zero-order valence-electron chi connectivity index (χ0n) is 10.2. The number of ether oxygens (including phenoxy) is 2. The second-order valence-corrected chi connectivity index (χ2v) is 3.95. The zero-order chi connectivity index (χ0) is 12.0. The molecule has 3 nitrogen and oxygen atoms in total. The molecule has 16 heavy (non-hydrogen) atoms. The van der Waals surface area contributed by atoms with Gasteiger partial charge in [-0.2, -0.15) is 0 Å². The first-order valence-corrected chi connectivity index (χ1v) is 5.97. The Morgan fingerprint density at radius 1 is 1.31 bits per heavy atom. The van der Waals surface area contributed by atoms with Crippen molar-refractivity contribution < 1.29 is 14.6 Å². The quantitative estimate of drug-likeness (QED) is 0.558. The number of aliphatic hydroxyl groups excluding tert-OH is 1. The van der Waals surface area contributed by atoms with Crippen molar-refractivity contribution in [2.45, 2.75) is 39.1 Å². The highest BCUT2D eigenvalue weighted by Gasteiger charge is 2.22. The summed E-state index contributed by atoms with van der Waals surface area (Å²) in [6.45, 7) is 9.17. The number of rotatable bonds is 6. The lowest BCUT2D eigenvalue weighted by molar-refractivity contribution is -0.115. The van der Waals surface area contributed by atoms with E-state index < -0.39 is 0 Å². The lowest BCUT2D eigenvalue weighted by Gasteiger charge is -2.27. The maximum atomic E-state index is 9.38. The average molecular weight is 226 g/mol. The number of hydrogen-bond acceptors (Lipinski definition) is 3. The van der Waals surface area contributed by atoms with E-state index in [1.54, 1.807) is 0 Å². The Kier molecular flexibility index (Phi) is 5.74. The van der Waals surface area contributed by atoms with Crippen molar-refractivity contribution in [1.29, 1.82) is 0 Å². The molecule has 0 aromatic heterocycles. The minimum Gasteiger partial charge on any atom is -0.389 e. The molecule has 1 N–H and O–H groups in total. The van der Waals surface area contributed by atoms with Gasteiger partial charge in [0.05, 0.1) is 6.10 Å². The summed E-state index contributed by atoms with van der Waals surface area (Å²) in [6.07, 6.45) is 4.90. The molecule has 3 heteroatoms. The SMILES string of the molecule is C=C(C1C=CC(O)CC1)C(OCC)OCC. The minimum atomic E-state index is -0.320. The second kappa shape index (κ2) is 6.84. The molecule has 0 saturated heterocycles. The zero-order valence-corrected chi connectivity index (χ0v) is 10.2. The highest BCUT2D eigenvalue weighted by atomic mass is 16.7. The van der Waals surface area contributed by atoms with Crippen LogP contribution in [0.25, 0.3) is 0 Å². The summed E-state index contributed by atoms with van der Waals surface area (Å²) >= 11 is 0. The molecule has 0 fully saturated rings. The molecule has 0 bridgehead atoms. The molecule has 1 aliphatic rings. The Labute approximate surface area is 97.8 Å². The van der Waals surface area contributed by atoms with Crippen molar-refractivity contribution in [3.05, 3.63) is 24.3 Å². The van der Waals surface area contributed by atoms with E-state index in [0.717, 1.165) is 18.4 Å². The highest BCUT2D eigenvalue weighted by Crippen LogP contribution is 2.27. The van der Waals surface area contributed by atoms with E-state index in [2.05, 4.69) is 6.58 Å². The van der Waals surface area contributed by atoms with Crippen molar-refractivity contribution in [3.8, 4) is 0 Å². The summed E-state index contributed by atoms with van der Waals surface area (Å²) in [7, 11) is 0. The van der Waals surface area contributed by atoms with Gasteiger partial charge in [-0.1, -0.05) is 18.7 Å². The van der Waals surface area contributed by atoms with E-state index in [9.17, 15) is 5.11 Å². The van der Waals surface area contributed by atoms with Crippen molar-refractivity contribution in [3.63, 3.8) is 0 Å². The first-order chi connectivity index (χ1) is 7.69. The van der Waals surface area contributed by atoms with Gasteiger partial charge in [0.15, 0.2) is 6.29 Å². The molecular weight excluding hydrogens is 204 g/mol. The number of allylic oxidation sites excluding steroid dienone is 1. The first kappa shape index (κ1) is 13.4. The van der Waals surface area contributed by atoms with E-state index in [0.29, 0.717) is 13.2 Å². The van der Waals surface area contributed by atoms with Crippen LogP contribution in [0, 0.1) is 5.92 Å². The van der Waals surface area contributed by atoms with Crippen LogP contribution in [-0.2, 0) is 9.47 Å². The fourth-order valence-corrected chi connectivity index (χ4v) is 1.85. The van der Waals surface area contributed by atoms with Gasteiger partial charge in [0.25, 0.3) is 0 Å². The van der Waals surface area contributed by atoms with E-state index >= 15 is 0 Å². The molecule has 0 spiro atoms. The Balaban J connectivity index is 2.56. The number of hydrogen-bond donors (Lipinski definition) is 1. The van der Waals surface area contributed by atoms with Crippen molar-refractivity contribution in [2.24, 2.45) is 5.92 Å². The molecule has 0 aliphatic heterocycles. The maximum Gasteiger partial charge on any atom is 0.180 e. The Morgan fingerprint density at radius 2 is 1.94 bits per heavy atom. The summed E-state index contributed by atoms with van der Waals surface area (Å²) < 4.78 is 11.0. The normalized spacial score (nSPS) is 25.0. The topological polar surface area (TPSA) is 38.7 Å².